The van der Waals surface area contributed by atoms with Gasteiger partial charge in [-0.1, -0.05) is 23.2 Å². The van der Waals surface area contributed by atoms with Gasteiger partial charge in [-0.25, -0.2) is 0 Å². The second kappa shape index (κ2) is 4.41. The Morgan fingerprint density at radius 2 is 2.00 bits per heavy atom. The number of rotatable bonds is 0. The Hall–Kier alpha value is -0.110. The summed E-state index contributed by atoms with van der Waals surface area (Å²) < 4.78 is 0. The fourth-order valence-electron chi connectivity index (χ4n) is 1.51. The van der Waals surface area contributed by atoms with E-state index in [0.717, 1.165) is 35.1 Å². The summed E-state index contributed by atoms with van der Waals surface area (Å²) in [5, 5.41) is 4.73. The van der Waals surface area contributed by atoms with Crippen LogP contribution in [0.4, 0.5) is 5.69 Å². The van der Waals surface area contributed by atoms with Crippen LogP contribution in [0.15, 0.2) is 12.1 Å². The van der Waals surface area contributed by atoms with Crippen molar-refractivity contribution in [3.05, 3.63) is 27.7 Å². The number of benzene rings is 1. The van der Waals surface area contributed by atoms with Gasteiger partial charge in [0.1, 0.15) is 0 Å². The first-order valence-corrected chi connectivity index (χ1v) is 4.75. The summed E-state index contributed by atoms with van der Waals surface area (Å²) in [6, 6.07) is 3.76. The zero-order chi connectivity index (χ0) is 8.55. The molecule has 0 atom stereocenters. The highest BCUT2D eigenvalue weighted by atomic mass is 35.5. The van der Waals surface area contributed by atoms with Crippen molar-refractivity contribution in [1.82, 2.24) is 0 Å². The van der Waals surface area contributed by atoms with Crippen LogP contribution < -0.4 is 5.32 Å². The van der Waals surface area contributed by atoms with Crippen LogP contribution in [0.2, 0.25) is 10.0 Å². The average Bonchev–Trinajstić information content (AvgIpc) is 2.04. The lowest BCUT2D eigenvalue weighted by Gasteiger charge is -2.19. The van der Waals surface area contributed by atoms with Gasteiger partial charge in [0.2, 0.25) is 0 Å². The lowest BCUT2D eigenvalue weighted by atomic mass is 10.0. The molecular formula is C9H10Cl3N. The maximum absolute atomic E-state index is 6.00. The highest BCUT2D eigenvalue weighted by molar-refractivity contribution is 6.36. The molecule has 1 aliphatic rings. The van der Waals surface area contributed by atoms with Crippen molar-refractivity contribution in [3.63, 3.8) is 0 Å². The number of fused-ring (bicyclic) bond motifs is 1. The minimum atomic E-state index is 0. The van der Waals surface area contributed by atoms with Crippen molar-refractivity contribution in [2.45, 2.75) is 12.8 Å². The normalized spacial score (nSPS) is 14.0. The molecule has 4 heteroatoms. The first kappa shape index (κ1) is 11.0. The highest BCUT2D eigenvalue weighted by Gasteiger charge is 2.12. The van der Waals surface area contributed by atoms with E-state index in [-0.39, 0.29) is 12.4 Å². The average molecular weight is 239 g/mol. The Morgan fingerprint density at radius 3 is 2.77 bits per heavy atom. The molecule has 0 amide bonds. The minimum absolute atomic E-state index is 0. The Bertz CT molecular complexity index is 312. The van der Waals surface area contributed by atoms with E-state index in [0.29, 0.717) is 0 Å². The third-order valence-electron chi connectivity index (χ3n) is 2.06. The predicted molar refractivity (Wildman–Crippen MR) is 60.5 cm³/mol. The lowest BCUT2D eigenvalue weighted by Crippen LogP contribution is -2.11. The minimum Gasteiger partial charge on any atom is -0.384 e. The zero-order valence-corrected chi connectivity index (χ0v) is 9.27. The van der Waals surface area contributed by atoms with Crippen LogP contribution in [0, 0.1) is 0 Å². The molecule has 2 rings (SSSR count). The maximum atomic E-state index is 6.00. The molecule has 0 aliphatic carbocycles. The Balaban J connectivity index is 0.000000845. The van der Waals surface area contributed by atoms with Crippen molar-refractivity contribution in [2.75, 3.05) is 11.9 Å². The second-order valence-corrected chi connectivity index (χ2v) is 3.80. The zero-order valence-electron chi connectivity index (χ0n) is 6.94. The molecule has 1 nitrogen and oxygen atoms in total. The molecule has 1 N–H and O–H groups in total. The van der Waals surface area contributed by atoms with Gasteiger partial charge >= 0.3 is 0 Å². The number of hydrogen-bond donors (Lipinski definition) is 1. The van der Waals surface area contributed by atoms with E-state index >= 15 is 0 Å². The Kier molecular flexibility index (Phi) is 3.72. The monoisotopic (exact) mass is 237 g/mol. The first-order chi connectivity index (χ1) is 5.77. The smallest absolute Gasteiger partial charge is 0.0655 e. The van der Waals surface area contributed by atoms with Crippen molar-refractivity contribution < 1.29 is 0 Å². The van der Waals surface area contributed by atoms with Crippen LogP contribution in [-0.2, 0) is 6.42 Å². The van der Waals surface area contributed by atoms with Gasteiger partial charge in [-0.05, 0) is 30.5 Å². The largest absolute Gasteiger partial charge is 0.384 e. The molecule has 0 bridgehead atoms. The van der Waals surface area contributed by atoms with E-state index < -0.39 is 0 Å². The van der Waals surface area contributed by atoms with Gasteiger partial charge < -0.3 is 5.32 Å². The molecule has 13 heavy (non-hydrogen) atoms. The highest BCUT2D eigenvalue weighted by Crippen LogP contribution is 2.32. The van der Waals surface area contributed by atoms with Crippen molar-refractivity contribution in [3.8, 4) is 0 Å². The summed E-state index contributed by atoms with van der Waals surface area (Å²) in [5.41, 5.74) is 2.30. The number of aryl methyl sites for hydroxylation is 1. The maximum Gasteiger partial charge on any atom is 0.0655 e. The number of hydrogen-bond acceptors (Lipinski definition) is 1. The van der Waals surface area contributed by atoms with Crippen LogP contribution in [0.5, 0.6) is 0 Å². The second-order valence-electron chi connectivity index (χ2n) is 2.95. The molecule has 0 aromatic heterocycles. The fourth-order valence-corrected chi connectivity index (χ4v) is 2.12. The van der Waals surface area contributed by atoms with Gasteiger partial charge in [-0.2, -0.15) is 0 Å². The molecular weight excluding hydrogens is 228 g/mol. The van der Waals surface area contributed by atoms with Gasteiger partial charge in [-0.3, -0.25) is 0 Å². The van der Waals surface area contributed by atoms with Crippen LogP contribution in [0.3, 0.4) is 0 Å². The van der Waals surface area contributed by atoms with Gasteiger partial charge in [-0.15, -0.1) is 12.4 Å². The van der Waals surface area contributed by atoms with Crippen molar-refractivity contribution >= 4 is 41.3 Å². The van der Waals surface area contributed by atoms with Crippen molar-refractivity contribution in [1.29, 1.82) is 0 Å². The third kappa shape index (κ3) is 2.22. The van der Waals surface area contributed by atoms with E-state index in [1.807, 2.05) is 6.07 Å². The number of nitrogens with one attached hydrogen (secondary N) is 1. The summed E-state index contributed by atoms with van der Waals surface area (Å²) >= 11 is 11.9. The molecule has 72 valence electrons. The topological polar surface area (TPSA) is 12.0 Å². The lowest BCUT2D eigenvalue weighted by molar-refractivity contribution is 0.830. The van der Waals surface area contributed by atoms with E-state index in [4.69, 9.17) is 23.2 Å². The van der Waals surface area contributed by atoms with Gasteiger partial charge in [0, 0.05) is 11.6 Å². The first-order valence-electron chi connectivity index (χ1n) is 3.99. The van der Waals surface area contributed by atoms with Crippen LogP contribution in [-0.4, -0.2) is 6.54 Å². The predicted octanol–water partition coefficient (Wildman–Crippen LogP) is 3.77. The van der Waals surface area contributed by atoms with Crippen LogP contribution >= 0.6 is 35.6 Å². The van der Waals surface area contributed by atoms with E-state index in [2.05, 4.69) is 5.32 Å². The molecule has 1 aliphatic heterocycles. The SMILES string of the molecule is Cl.Clc1cc(Cl)c2c(c1)CCCN2. The Labute approximate surface area is 93.8 Å². The van der Waals surface area contributed by atoms with Gasteiger partial charge in [0.05, 0.1) is 10.7 Å². The summed E-state index contributed by atoms with van der Waals surface area (Å²) in [4.78, 5) is 0. The number of halogens is 3. The van der Waals surface area contributed by atoms with Crippen LogP contribution in [0.1, 0.15) is 12.0 Å². The molecule has 0 fully saturated rings. The van der Waals surface area contributed by atoms with Gasteiger partial charge in [0.25, 0.3) is 0 Å². The third-order valence-corrected chi connectivity index (χ3v) is 2.58. The molecule has 0 spiro atoms. The molecule has 1 aromatic rings. The molecule has 1 aromatic carbocycles. The molecule has 0 radical (unpaired) electrons. The molecule has 0 saturated heterocycles. The molecule has 1 heterocycles. The summed E-state index contributed by atoms with van der Waals surface area (Å²) in [5.74, 6) is 0. The van der Waals surface area contributed by atoms with Gasteiger partial charge in [0.15, 0.2) is 0 Å². The molecule has 0 saturated carbocycles. The van der Waals surface area contributed by atoms with E-state index in [9.17, 15) is 0 Å². The fraction of sp³-hybridized carbons (Fsp3) is 0.333. The molecule has 0 unspecified atom stereocenters. The number of anilines is 1. The van der Waals surface area contributed by atoms with Crippen LogP contribution in [0.25, 0.3) is 0 Å². The quantitative estimate of drug-likeness (QED) is 0.725. The standard InChI is InChI=1S/C9H9Cl2N.ClH/c10-7-4-6-2-1-3-12-9(6)8(11)5-7;/h4-5,12H,1-3H2;1H. The van der Waals surface area contributed by atoms with E-state index in [1.54, 1.807) is 6.07 Å². The summed E-state index contributed by atoms with van der Waals surface area (Å²) in [6.07, 6.45) is 2.23. The summed E-state index contributed by atoms with van der Waals surface area (Å²) in [7, 11) is 0. The van der Waals surface area contributed by atoms with E-state index in [1.165, 1.54) is 5.56 Å². The van der Waals surface area contributed by atoms with Crippen molar-refractivity contribution in [2.24, 2.45) is 0 Å². The Morgan fingerprint density at radius 1 is 1.23 bits per heavy atom. The summed E-state index contributed by atoms with van der Waals surface area (Å²) in [6.45, 7) is 1.01.